The molecule has 1 heterocycles. The fourth-order valence-electron chi connectivity index (χ4n) is 3.41. The molecule has 0 fully saturated rings. The zero-order valence-electron chi connectivity index (χ0n) is 18.9. The predicted molar refractivity (Wildman–Crippen MR) is 129 cm³/mol. The average Bonchev–Trinajstić information content (AvgIpc) is 3.26. The van der Waals surface area contributed by atoms with Crippen LogP contribution in [0.4, 0.5) is 0 Å². The smallest absolute Gasteiger partial charge is 0.161 e. The third kappa shape index (κ3) is 5.16. The number of aromatic amines is 1. The maximum absolute atomic E-state index is 9.76. The average molecular weight is 440 g/mol. The molecule has 0 aliphatic heterocycles. The van der Waals surface area contributed by atoms with Crippen LogP contribution in [-0.4, -0.2) is 23.7 Å². The molecule has 0 unspecified atom stereocenters. The molecule has 0 bridgehead atoms. The Morgan fingerprint density at radius 3 is 2.58 bits per heavy atom. The molecule has 6 nitrogen and oxygen atoms in total. The Bertz CT molecular complexity index is 1330. The SMILES string of the molecule is CCOc1cc(/C=C(/C#N)c2nc3ccc(OC)cc3[nH]2)ccc1OCc1ccc(C)cc1. The minimum absolute atomic E-state index is 0.418. The van der Waals surface area contributed by atoms with Crippen LogP contribution in [0.3, 0.4) is 0 Å². The molecule has 0 saturated carbocycles. The Balaban J connectivity index is 1.60. The van der Waals surface area contributed by atoms with Crippen molar-refractivity contribution in [1.82, 2.24) is 9.97 Å². The van der Waals surface area contributed by atoms with Crippen LogP contribution >= 0.6 is 0 Å². The van der Waals surface area contributed by atoms with Crippen molar-refractivity contribution in [2.75, 3.05) is 13.7 Å². The van der Waals surface area contributed by atoms with Gasteiger partial charge in [0, 0.05) is 6.07 Å². The summed E-state index contributed by atoms with van der Waals surface area (Å²) in [5.74, 6) is 2.51. The molecule has 0 aliphatic carbocycles. The lowest BCUT2D eigenvalue weighted by Gasteiger charge is -2.13. The van der Waals surface area contributed by atoms with Gasteiger partial charge >= 0.3 is 0 Å². The number of imidazole rings is 1. The summed E-state index contributed by atoms with van der Waals surface area (Å²) < 4.78 is 17.1. The highest BCUT2D eigenvalue weighted by Crippen LogP contribution is 2.31. The van der Waals surface area contributed by atoms with E-state index in [4.69, 9.17) is 14.2 Å². The van der Waals surface area contributed by atoms with E-state index in [0.717, 1.165) is 27.9 Å². The molecule has 0 amide bonds. The van der Waals surface area contributed by atoms with Gasteiger partial charge in [-0.2, -0.15) is 5.26 Å². The Morgan fingerprint density at radius 2 is 1.85 bits per heavy atom. The number of aromatic nitrogens is 2. The van der Waals surface area contributed by atoms with E-state index in [2.05, 4.69) is 47.2 Å². The first-order chi connectivity index (χ1) is 16.1. The van der Waals surface area contributed by atoms with Gasteiger partial charge in [0.2, 0.25) is 0 Å². The predicted octanol–water partition coefficient (Wildman–Crippen LogP) is 5.92. The standard InChI is InChI=1S/C27H25N3O3/c1-4-32-26-14-20(9-12-25(26)33-17-19-7-5-18(2)6-8-19)13-21(16-28)27-29-23-11-10-22(31-3)15-24(23)30-27/h5-15H,4,17H2,1-3H3,(H,29,30)/b21-13-. The Labute approximate surface area is 193 Å². The molecule has 0 atom stereocenters. The number of nitrogens with one attached hydrogen (secondary N) is 1. The van der Waals surface area contributed by atoms with Gasteiger partial charge in [-0.15, -0.1) is 0 Å². The van der Waals surface area contributed by atoms with Crippen LogP contribution in [0, 0.1) is 18.3 Å². The molecular formula is C27H25N3O3. The molecule has 33 heavy (non-hydrogen) atoms. The second-order valence-corrected chi connectivity index (χ2v) is 7.55. The fraction of sp³-hybridized carbons (Fsp3) is 0.185. The molecule has 0 saturated heterocycles. The van der Waals surface area contributed by atoms with Crippen LogP contribution < -0.4 is 14.2 Å². The van der Waals surface area contributed by atoms with Gasteiger partial charge in [0.15, 0.2) is 11.5 Å². The van der Waals surface area contributed by atoms with Gasteiger partial charge in [-0.25, -0.2) is 4.98 Å². The van der Waals surface area contributed by atoms with E-state index in [1.54, 1.807) is 13.2 Å². The molecule has 1 N–H and O–H groups in total. The van der Waals surface area contributed by atoms with Crippen LogP contribution in [0.15, 0.2) is 60.7 Å². The summed E-state index contributed by atoms with van der Waals surface area (Å²) >= 11 is 0. The van der Waals surface area contributed by atoms with E-state index < -0.39 is 0 Å². The van der Waals surface area contributed by atoms with Crippen molar-refractivity contribution in [2.45, 2.75) is 20.5 Å². The fourth-order valence-corrected chi connectivity index (χ4v) is 3.41. The van der Waals surface area contributed by atoms with Gasteiger partial charge in [-0.05, 0) is 55.3 Å². The molecule has 3 aromatic carbocycles. The molecule has 1 aromatic heterocycles. The number of fused-ring (bicyclic) bond motifs is 1. The Kier molecular flexibility index (Phi) is 6.61. The van der Waals surface area contributed by atoms with Crippen LogP contribution in [0.1, 0.15) is 29.4 Å². The molecule has 4 aromatic rings. The van der Waals surface area contributed by atoms with Crippen molar-refractivity contribution in [3.63, 3.8) is 0 Å². The molecular weight excluding hydrogens is 414 g/mol. The maximum atomic E-state index is 9.76. The number of aryl methyl sites for hydroxylation is 1. The zero-order valence-corrected chi connectivity index (χ0v) is 18.9. The van der Waals surface area contributed by atoms with Crippen molar-refractivity contribution in [2.24, 2.45) is 0 Å². The first-order valence-electron chi connectivity index (χ1n) is 10.7. The van der Waals surface area contributed by atoms with Crippen LogP contribution in [0.5, 0.6) is 17.2 Å². The normalized spacial score (nSPS) is 11.3. The van der Waals surface area contributed by atoms with E-state index in [1.807, 2.05) is 43.3 Å². The summed E-state index contributed by atoms with van der Waals surface area (Å²) in [4.78, 5) is 7.74. The van der Waals surface area contributed by atoms with Gasteiger partial charge in [-0.3, -0.25) is 0 Å². The van der Waals surface area contributed by atoms with E-state index in [9.17, 15) is 5.26 Å². The van der Waals surface area contributed by atoms with Crippen molar-refractivity contribution in [1.29, 1.82) is 5.26 Å². The lowest BCUT2D eigenvalue weighted by Crippen LogP contribution is -2.00. The topological polar surface area (TPSA) is 80.2 Å². The van der Waals surface area contributed by atoms with Gasteiger partial charge in [-0.1, -0.05) is 35.9 Å². The van der Waals surface area contributed by atoms with Gasteiger partial charge in [0.25, 0.3) is 0 Å². The van der Waals surface area contributed by atoms with Crippen molar-refractivity contribution >= 4 is 22.7 Å². The number of rotatable bonds is 8. The monoisotopic (exact) mass is 439 g/mol. The summed E-state index contributed by atoms with van der Waals surface area (Å²) in [5, 5.41) is 9.76. The highest BCUT2D eigenvalue weighted by molar-refractivity contribution is 5.90. The number of benzene rings is 3. The summed E-state index contributed by atoms with van der Waals surface area (Å²) in [6.45, 7) is 4.93. The van der Waals surface area contributed by atoms with Crippen LogP contribution in [0.25, 0.3) is 22.7 Å². The van der Waals surface area contributed by atoms with Gasteiger partial charge < -0.3 is 19.2 Å². The number of ether oxygens (including phenoxy) is 3. The molecule has 0 spiro atoms. The second-order valence-electron chi connectivity index (χ2n) is 7.55. The Morgan fingerprint density at radius 1 is 1.03 bits per heavy atom. The Hall–Kier alpha value is -4.24. The molecule has 0 radical (unpaired) electrons. The maximum Gasteiger partial charge on any atom is 0.161 e. The number of hydrogen-bond acceptors (Lipinski definition) is 5. The van der Waals surface area contributed by atoms with E-state index in [1.165, 1.54) is 5.56 Å². The third-order valence-electron chi connectivity index (χ3n) is 5.16. The highest BCUT2D eigenvalue weighted by atomic mass is 16.5. The summed E-state index contributed by atoms with van der Waals surface area (Å²) in [6.07, 6.45) is 1.78. The largest absolute Gasteiger partial charge is 0.497 e. The summed E-state index contributed by atoms with van der Waals surface area (Å²) in [6, 6.07) is 21.7. The zero-order chi connectivity index (χ0) is 23.2. The quantitative estimate of drug-likeness (QED) is 0.345. The number of methoxy groups -OCH3 is 1. The summed E-state index contributed by atoms with van der Waals surface area (Å²) in [5.41, 5.74) is 5.10. The van der Waals surface area contributed by atoms with Gasteiger partial charge in [0.1, 0.15) is 24.3 Å². The first-order valence-corrected chi connectivity index (χ1v) is 10.7. The number of nitriles is 1. The van der Waals surface area contributed by atoms with E-state index >= 15 is 0 Å². The minimum Gasteiger partial charge on any atom is -0.497 e. The number of allylic oxidation sites excluding steroid dienone is 1. The lowest BCUT2D eigenvalue weighted by molar-refractivity contribution is 0.269. The van der Waals surface area contributed by atoms with Crippen molar-refractivity contribution in [3.05, 3.63) is 83.2 Å². The third-order valence-corrected chi connectivity index (χ3v) is 5.16. The van der Waals surface area contributed by atoms with Gasteiger partial charge in [0.05, 0.1) is 30.3 Å². The first kappa shape index (κ1) is 22.0. The van der Waals surface area contributed by atoms with Crippen LogP contribution in [-0.2, 0) is 6.61 Å². The number of nitrogens with zero attached hydrogens (tertiary/aromatic N) is 2. The molecule has 0 aliphatic rings. The minimum atomic E-state index is 0.418. The number of hydrogen-bond donors (Lipinski definition) is 1. The van der Waals surface area contributed by atoms with E-state index in [0.29, 0.717) is 36.1 Å². The second kappa shape index (κ2) is 9.92. The molecule has 6 heteroatoms. The molecule has 166 valence electrons. The number of H-pyrrole nitrogens is 1. The summed E-state index contributed by atoms with van der Waals surface area (Å²) in [7, 11) is 1.61. The molecule has 4 rings (SSSR count). The van der Waals surface area contributed by atoms with E-state index in [-0.39, 0.29) is 0 Å². The van der Waals surface area contributed by atoms with Crippen molar-refractivity contribution < 1.29 is 14.2 Å². The highest BCUT2D eigenvalue weighted by Gasteiger charge is 2.11. The van der Waals surface area contributed by atoms with Crippen molar-refractivity contribution in [3.8, 4) is 23.3 Å². The lowest BCUT2D eigenvalue weighted by atomic mass is 10.1. The van der Waals surface area contributed by atoms with Crippen LogP contribution in [0.2, 0.25) is 0 Å².